The maximum Gasteiger partial charge on any atom is 0.118 e. The van der Waals surface area contributed by atoms with Crippen molar-refractivity contribution in [2.24, 2.45) is 0 Å². The zero-order chi connectivity index (χ0) is 13.7. The molecule has 2 aromatic rings. The van der Waals surface area contributed by atoms with Crippen molar-refractivity contribution in [3.8, 4) is 5.75 Å². The summed E-state index contributed by atoms with van der Waals surface area (Å²) in [5.41, 5.74) is 2.62. The molecule has 0 amide bonds. The molecule has 0 spiro atoms. The Hall–Kier alpha value is -1.80. The van der Waals surface area contributed by atoms with Crippen LogP contribution in [0, 0.1) is 0 Å². The second kappa shape index (κ2) is 6.39. The van der Waals surface area contributed by atoms with Gasteiger partial charge in [-0.05, 0) is 30.3 Å². The Morgan fingerprint density at radius 2 is 1.53 bits per heavy atom. The first-order chi connectivity index (χ1) is 9.26. The Bertz CT molecular complexity index is 492. The number of likely N-dealkylation sites (N-methyl/N-ethyl adjacent to an activating group) is 1. The Balaban J connectivity index is 2.23. The zero-order valence-electron chi connectivity index (χ0n) is 11.8. The van der Waals surface area contributed by atoms with E-state index in [1.54, 1.807) is 7.11 Å². The van der Waals surface area contributed by atoms with Crippen molar-refractivity contribution in [2.75, 3.05) is 14.2 Å². The van der Waals surface area contributed by atoms with Gasteiger partial charge in [0.05, 0.1) is 7.11 Å². The van der Waals surface area contributed by atoms with E-state index in [4.69, 9.17) is 4.74 Å². The maximum atomic E-state index is 5.21. The van der Waals surface area contributed by atoms with Gasteiger partial charge in [0.25, 0.3) is 0 Å². The Kier molecular flexibility index (Phi) is 4.58. The van der Waals surface area contributed by atoms with Gasteiger partial charge in [-0.1, -0.05) is 49.4 Å². The van der Waals surface area contributed by atoms with Gasteiger partial charge in [0, 0.05) is 12.0 Å². The smallest absolute Gasteiger partial charge is 0.118 e. The van der Waals surface area contributed by atoms with Crippen LogP contribution in [0.1, 0.15) is 30.0 Å². The number of hydrogen-bond acceptors (Lipinski definition) is 2. The van der Waals surface area contributed by atoms with Crippen molar-refractivity contribution in [1.29, 1.82) is 0 Å². The molecule has 0 aliphatic heterocycles. The lowest BCUT2D eigenvalue weighted by Gasteiger charge is -2.24. The summed E-state index contributed by atoms with van der Waals surface area (Å²) < 4.78 is 5.21. The standard InChI is InChI=1S/C17H21NO/c1-13(14-7-5-4-6-8-14)17(18-2)15-9-11-16(19-3)12-10-15/h4-13,17-18H,1-3H3. The van der Waals surface area contributed by atoms with E-state index in [1.807, 2.05) is 19.2 Å². The lowest BCUT2D eigenvalue weighted by atomic mass is 9.88. The third-order valence-corrected chi connectivity index (χ3v) is 3.61. The molecule has 0 aliphatic rings. The van der Waals surface area contributed by atoms with E-state index in [1.165, 1.54) is 11.1 Å². The molecule has 2 heteroatoms. The van der Waals surface area contributed by atoms with Crippen LogP contribution in [0.15, 0.2) is 54.6 Å². The van der Waals surface area contributed by atoms with Crippen LogP contribution in [0.25, 0.3) is 0 Å². The Labute approximate surface area is 115 Å². The minimum absolute atomic E-state index is 0.299. The number of hydrogen-bond donors (Lipinski definition) is 1. The quantitative estimate of drug-likeness (QED) is 0.878. The third kappa shape index (κ3) is 3.15. The molecule has 0 aromatic heterocycles. The van der Waals surface area contributed by atoms with E-state index in [9.17, 15) is 0 Å². The van der Waals surface area contributed by atoms with Gasteiger partial charge in [0.15, 0.2) is 0 Å². The summed E-state index contributed by atoms with van der Waals surface area (Å²) in [6.07, 6.45) is 0. The monoisotopic (exact) mass is 255 g/mol. The molecule has 2 rings (SSSR count). The molecule has 0 saturated carbocycles. The largest absolute Gasteiger partial charge is 0.497 e. The van der Waals surface area contributed by atoms with Crippen LogP contribution in [-0.4, -0.2) is 14.2 Å². The molecule has 19 heavy (non-hydrogen) atoms. The molecule has 2 nitrogen and oxygen atoms in total. The van der Waals surface area contributed by atoms with Gasteiger partial charge in [-0.3, -0.25) is 0 Å². The fraction of sp³-hybridized carbons (Fsp3) is 0.294. The number of ether oxygens (including phenoxy) is 1. The third-order valence-electron chi connectivity index (χ3n) is 3.61. The molecule has 2 unspecified atom stereocenters. The highest BCUT2D eigenvalue weighted by Gasteiger charge is 2.18. The van der Waals surface area contributed by atoms with Crippen molar-refractivity contribution >= 4 is 0 Å². The Morgan fingerprint density at radius 3 is 2.05 bits per heavy atom. The summed E-state index contributed by atoms with van der Waals surface area (Å²) in [4.78, 5) is 0. The predicted molar refractivity (Wildman–Crippen MR) is 79.7 cm³/mol. The van der Waals surface area contributed by atoms with Crippen molar-refractivity contribution in [3.63, 3.8) is 0 Å². The average molecular weight is 255 g/mol. The summed E-state index contributed by atoms with van der Waals surface area (Å²) in [6, 6.07) is 19.2. The highest BCUT2D eigenvalue weighted by atomic mass is 16.5. The molecule has 0 saturated heterocycles. The van der Waals surface area contributed by atoms with Crippen molar-refractivity contribution in [2.45, 2.75) is 18.9 Å². The highest BCUT2D eigenvalue weighted by Crippen LogP contribution is 2.30. The average Bonchev–Trinajstić information content (AvgIpc) is 2.49. The van der Waals surface area contributed by atoms with Gasteiger partial charge in [-0.25, -0.2) is 0 Å². The zero-order valence-corrected chi connectivity index (χ0v) is 11.8. The summed E-state index contributed by atoms with van der Waals surface area (Å²) in [6.45, 7) is 2.25. The van der Waals surface area contributed by atoms with Gasteiger partial charge in [0.1, 0.15) is 5.75 Å². The first-order valence-corrected chi connectivity index (χ1v) is 6.62. The molecule has 0 heterocycles. The number of methoxy groups -OCH3 is 1. The van der Waals surface area contributed by atoms with Crippen molar-refractivity contribution in [3.05, 3.63) is 65.7 Å². The maximum absolute atomic E-state index is 5.21. The fourth-order valence-electron chi connectivity index (χ4n) is 2.47. The predicted octanol–water partition coefficient (Wildman–Crippen LogP) is 3.76. The second-order valence-corrected chi connectivity index (χ2v) is 4.74. The molecular formula is C17H21NO. The van der Waals surface area contributed by atoms with E-state index in [0.29, 0.717) is 12.0 Å². The van der Waals surface area contributed by atoms with Crippen LogP contribution in [0.5, 0.6) is 5.75 Å². The topological polar surface area (TPSA) is 21.3 Å². The molecule has 100 valence electrons. The normalized spacial score (nSPS) is 13.8. The van der Waals surface area contributed by atoms with Crippen molar-refractivity contribution < 1.29 is 4.74 Å². The number of nitrogens with one attached hydrogen (secondary N) is 1. The van der Waals surface area contributed by atoms with Crippen LogP contribution < -0.4 is 10.1 Å². The fourth-order valence-corrected chi connectivity index (χ4v) is 2.47. The molecule has 0 fully saturated rings. The lowest BCUT2D eigenvalue weighted by molar-refractivity contribution is 0.414. The van der Waals surface area contributed by atoms with E-state index in [-0.39, 0.29) is 0 Å². The van der Waals surface area contributed by atoms with Gasteiger partial charge < -0.3 is 10.1 Å². The first kappa shape index (κ1) is 13.6. The van der Waals surface area contributed by atoms with Gasteiger partial charge in [-0.2, -0.15) is 0 Å². The summed E-state index contributed by atoms with van der Waals surface area (Å²) in [5.74, 6) is 1.31. The van der Waals surface area contributed by atoms with E-state index in [2.05, 4.69) is 54.7 Å². The first-order valence-electron chi connectivity index (χ1n) is 6.62. The highest BCUT2D eigenvalue weighted by molar-refractivity contribution is 5.32. The SMILES string of the molecule is CNC(c1ccc(OC)cc1)C(C)c1ccccc1. The van der Waals surface area contributed by atoms with Crippen LogP contribution in [0.2, 0.25) is 0 Å². The Morgan fingerprint density at radius 1 is 0.895 bits per heavy atom. The van der Waals surface area contributed by atoms with E-state index >= 15 is 0 Å². The van der Waals surface area contributed by atoms with E-state index in [0.717, 1.165) is 5.75 Å². The minimum atomic E-state index is 0.299. The molecular weight excluding hydrogens is 234 g/mol. The lowest BCUT2D eigenvalue weighted by Crippen LogP contribution is -2.22. The summed E-state index contributed by atoms with van der Waals surface area (Å²) in [7, 11) is 3.70. The second-order valence-electron chi connectivity index (χ2n) is 4.74. The molecule has 2 aromatic carbocycles. The van der Waals surface area contributed by atoms with Crippen LogP contribution in [-0.2, 0) is 0 Å². The summed E-state index contributed by atoms with van der Waals surface area (Å²) >= 11 is 0. The minimum Gasteiger partial charge on any atom is -0.497 e. The molecule has 0 bridgehead atoms. The van der Waals surface area contributed by atoms with Crippen LogP contribution in [0.4, 0.5) is 0 Å². The number of benzene rings is 2. The van der Waals surface area contributed by atoms with Crippen LogP contribution >= 0.6 is 0 Å². The molecule has 0 radical (unpaired) electrons. The van der Waals surface area contributed by atoms with Gasteiger partial charge in [0.2, 0.25) is 0 Å². The van der Waals surface area contributed by atoms with Gasteiger partial charge >= 0.3 is 0 Å². The molecule has 0 aliphatic carbocycles. The molecule has 2 atom stereocenters. The van der Waals surface area contributed by atoms with E-state index < -0.39 is 0 Å². The van der Waals surface area contributed by atoms with Crippen LogP contribution in [0.3, 0.4) is 0 Å². The molecule has 1 N–H and O–H groups in total. The van der Waals surface area contributed by atoms with Gasteiger partial charge in [-0.15, -0.1) is 0 Å². The number of rotatable bonds is 5. The van der Waals surface area contributed by atoms with Crippen molar-refractivity contribution in [1.82, 2.24) is 5.32 Å². The summed E-state index contributed by atoms with van der Waals surface area (Å²) in [5, 5.41) is 3.41.